The number of nitrogens with zero attached hydrogens (tertiary/aromatic N) is 5. The van der Waals surface area contributed by atoms with Gasteiger partial charge in [-0.1, -0.05) is 0 Å². The van der Waals surface area contributed by atoms with E-state index in [0.29, 0.717) is 5.91 Å². The van der Waals surface area contributed by atoms with Gasteiger partial charge >= 0.3 is 0 Å². The minimum Gasteiger partial charge on any atom is -0.393 e. The third-order valence-electron chi connectivity index (χ3n) is 6.72. The summed E-state index contributed by atoms with van der Waals surface area (Å²) in [5, 5.41) is 13.1. The van der Waals surface area contributed by atoms with Gasteiger partial charge < -0.3 is 25.1 Å². The Morgan fingerprint density at radius 1 is 1.03 bits per heavy atom. The molecule has 1 amide bonds. The van der Waals surface area contributed by atoms with Crippen LogP contribution in [0, 0.1) is 0 Å². The number of amides is 1. The third kappa shape index (κ3) is 6.56. The fourth-order valence-electron chi connectivity index (χ4n) is 4.73. The molecule has 3 rings (SSSR count). The van der Waals surface area contributed by atoms with Crippen molar-refractivity contribution in [2.24, 2.45) is 4.99 Å². The molecule has 3 fully saturated rings. The lowest BCUT2D eigenvalue weighted by Crippen LogP contribution is -2.57. The molecule has 172 valence electrons. The van der Waals surface area contributed by atoms with Gasteiger partial charge in [0, 0.05) is 65.4 Å². The molecule has 0 aromatic rings. The van der Waals surface area contributed by atoms with Crippen LogP contribution in [-0.2, 0) is 4.79 Å². The normalized spacial score (nSPS) is 23.8. The molecule has 0 spiro atoms. The molecule has 0 bridgehead atoms. The van der Waals surface area contributed by atoms with Gasteiger partial charge in [-0.2, -0.15) is 0 Å². The van der Waals surface area contributed by atoms with Gasteiger partial charge in [0.05, 0.1) is 12.1 Å². The van der Waals surface area contributed by atoms with Crippen molar-refractivity contribution in [1.29, 1.82) is 0 Å². The summed E-state index contributed by atoms with van der Waals surface area (Å²) in [7, 11) is 0. The number of nitrogens with one attached hydrogen (secondary N) is 1. The van der Waals surface area contributed by atoms with Crippen LogP contribution in [0.15, 0.2) is 4.99 Å². The maximum absolute atomic E-state index is 12.7. The highest BCUT2D eigenvalue weighted by molar-refractivity contribution is 5.82. The summed E-state index contributed by atoms with van der Waals surface area (Å²) in [6, 6.07) is -0.0205. The zero-order valence-corrected chi connectivity index (χ0v) is 19.1. The minimum absolute atomic E-state index is 0.0205. The van der Waals surface area contributed by atoms with E-state index in [0.717, 1.165) is 110 Å². The molecule has 8 heteroatoms. The van der Waals surface area contributed by atoms with Crippen LogP contribution in [0.1, 0.15) is 46.0 Å². The molecule has 0 saturated carbocycles. The number of guanidine groups is 1. The Morgan fingerprint density at radius 3 is 2.33 bits per heavy atom. The van der Waals surface area contributed by atoms with Gasteiger partial charge in [-0.15, -0.1) is 0 Å². The van der Waals surface area contributed by atoms with Crippen molar-refractivity contribution in [3.05, 3.63) is 0 Å². The highest BCUT2D eigenvalue weighted by Gasteiger charge is 2.30. The minimum atomic E-state index is -0.105. The molecule has 30 heavy (non-hydrogen) atoms. The van der Waals surface area contributed by atoms with Crippen molar-refractivity contribution < 1.29 is 9.90 Å². The topological polar surface area (TPSA) is 74.6 Å². The van der Waals surface area contributed by atoms with E-state index in [1.165, 1.54) is 0 Å². The number of aliphatic hydroxyl groups is 1. The van der Waals surface area contributed by atoms with Crippen molar-refractivity contribution in [3.8, 4) is 0 Å². The molecule has 8 nitrogen and oxygen atoms in total. The van der Waals surface area contributed by atoms with Crippen LogP contribution >= 0.6 is 0 Å². The highest BCUT2D eigenvalue weighted by atomic mass is 16.3. The number of carbonyl (C=O) groups excluding carboxylic acids is 1. The average molecular weight is 423 g/mol. The van der Waals surface area contributed by atoms with Gasteiger partial charge in [-0.25, -0.2) is 0 Å². The molecule has 0 aromatic carbocycles. The lowest BCUT2D eigenvalue weighted by molar-refractivity contribution is -0.135. The number of aliphatic imine (C=N–C) groups is 1. The quantitative estimate of drug-likeness (QED) is 0.352. The van der Waals surface area contributed by atoms with Gasteiger partial charge in [-0.3, -0.25) is 14.7 Å². The van der Waals surface area contributed by atoms with Crippen LogP contribution in [0.2, 0.25) is 0 Å². The summed E-state index contributed by atoms with van der Waals surface area (Å²) in [5.41, 5.74) is 0. The smallest absolute Gasteiger partial charge is 0.239 e. The second kappa shape index (κ2) is 11.9. The molecule has 3 heterocycles. The van der Waals surface area contributed by atoms with Crippen LogP contribution < -0.4 is 5.32 Å². The summed E-state index contributed by atoms with van der Waals surface area (Å²) >= 11 is 0. The monoisotopic (exact) mass is 422 g/mol. The Kier molecular flexibility index (Phi) is 9.21. The molecule has 0 aromatic heterocycles. The van der Waals surface area contributed by atoms with E-state index in [2.05, 4.69) is 33.9 Å². The van der Waals surface area contributed by atoms with Crippen molar-refractivity contribution in [1.82, 2.24) is 24.9 Å². The summed E-state index contributed by atoms with van der Waals surface area (Å²) < 4.78 is 0. The van der Waals surface area contributed by atoms with Crippen molar-refractivity contribution in [2.45, 2.75) is 58.1 Å². The molecule has 1 unspecified atom stereocenters. The maximum atomic E-state index is 12.7. The second-order valence-corrected chi connectivity index (χ2v) is 8.89. The van der Waals surface area contributed by atoms with Crippen LogP contribution in [-0.4, -0.2) is 121 Å². The lowest BCUT2D eigenvalue weighted by Gasteiger charge is -2.39. The summed E-state index contributed by atoms with van der Waals surface area (Å²) in [6.45, 7) is 14.4. The van der Waals surface area contributed by atoms with E-state index in [1.54, 1.807) is 0 Å². The molecule has 0 radical (unpaired) electrons. The van der Waals surface area contributed by atoms with Crippen molar-refractivity contribution in [2.75, 3.05) is 72.0 Å². The van der Waals surface area contributed by atoms with E-state index in [1.807, 2.05) is 4.90 Å². The van der Waals surface area contributed by atoms with Gasteiger partial charge in [0.25, 0.3) is 0 Å². The Hall–Kier alpha value is -1.38. The number of likely N-dealkylation sites (tertiary alicyclic amines) is 2. The van der Waals surface area contributed by atoms with Crippen molar-refractivity contribution >= 4 is 11.9 Å². The average Bonchev–Trinajstić information content (AvgIpc) is 3.31. The number of aliphatic hydroxyl groups excluding tert-OH is 1. The Balaban J connectivity index is 1.41. The number of carbonyl (C=O) groups is 1. The number of rotatable bonds is 7. The van der Waals surface area contributed by atoms with Crippen LogP contribution in [0.3, 0.4) is 0 Å². The first-order valence-corrected chi connectivity index (χ1v) is 12.0. The zero-order valence-electron chi connectivity index (χ0n) is 19.1. The predicted octanol–water partition coefficient (Wildman–Crippen LogP) is 0.427. The van der Waals surface area contributed by atoms with Crippen LogP contribution in [0.5, 0.6) is 0 Å². The summed E-state index contributed by atoms with van der Waals surface area (Å²) in [5.74, 6) is 1.30. The molecule has 2 N–H and O–H groups in total. The number of piperazine rings is 1. The Labute approximate surface area is 182 Å². The van der Waals surface area contributed by atoms with E-state index in [9.17, 15) is 9.90 Å². The second-order valence-electron chi connectivity index (χ2n) is 8.89. The van der Waals surface area contributed by atoms with Gasteiger partial charge in [0.2, 0.25) is 5.91 Å². The molecular formula is C22H42N6O2. The molecule has 1 atom stereocenters. The molecule has 3 aliphatic heterocycles. The third-order valence-corrected chi connectivity index (χ3v) is 6.72. The number of piperidine rings is 1. The molecule has 0 aliphatic carbocycles. The highest BCUT2D eigenvalue weighted by Crippen LogP contribution is 2.14. The van der Waals surface area contributed by atoms with Gasteiger partial charge in [-0.05, 0) is 52.5 Å². The predicted molar refractivity (Wildman–Crippen MR) is 121 cm³/mol. The van der Waals surface area contributed by atoms with E-state index in [4.69, 9.17) is 4.99 Å². The summed E-state index contributed by atoms with van der Waals surface area (Å²) in [4.78, 5) is 26.7. The van der Waals surface area contributed by atoms with Crippen LogP contribution in [0.4, 0.5) is 0 Å². The Morgan fingerprint density at radius 2 is 1.70 bits per heavy atom. The van der Waals surface area contributed by atoms with Crippen molar-refractivity contribution in [3.63, 3.8) is 0 Å². The number of hydrogen-bond acceptors (Lipinski definition) is 5. The van der Waals surface area contributed by atoms with E-state index < -0.39 is 0 Å². The Bertz CT molecular complexity index is 550. The standard InChI is InChI=1S/C22H42N6O2/c1-3-23-22(24-9-6-10-25-13-7-20(29)8-14-25)28-17-15-26(16-18-28)19(2)21(30)27-11-4-5-12-27/h19-20,29H,3-18H2,1-2H3,(H,23,24). The SMILES string of the molecule is CCNC(=NCCCN1CCC(O)CC1)N1CCN(C(C)C(=O)N2CCCC2)CC1. The molecule has 3 aliphatic rings. The maximum Gasteiger partial charge on any atom is 0.239 e. The number of hydrogen-bond donors (Lipinski definition) is 2. The molecule has 3 saturated heterocycles. The first-order chi connectivity index (χ1) is 14.6. The first-order valence-electron chi connectivity index (χ1n) is 12.0. The fourth-order valence-corrected chi connectivity index (χ4v) is 4.73. The van der Waals surface area contributed by atoms with Gasteiger partial charge in [0.15, 0.2) is 5.96 Å². The lowest BCUT2D eigenvalue weighted by atomic mass is 10.1. The van der Waals surface area contributed by atoms with E-state index in [-0.39, 0.29) is 12.1 Å². The first kappa shape index (κ1) is 23.3. The van der Waals surface area contributed by atoms with Gasteiger partial charge in [0.1, 0.15) is 0 Å². The fraction of sp³-hybridized carbons (Fsp3) is 0.909. The summed E-state index contributed by atoms with van der Waals surface area (Å²) in [6.07, 6.45) is 5.03. The molecular weight excluding hydrogens is 380 g/mol. The van der Waals surface area contributed by atoms with E-state index >= 15 is 0 Å². The zero-order chi connectivity index (χ0) is 21.3. The van der Waals surface area contributed by atoms with Crippen LogP contribution in [0.25, 0.3) is 0 Å². The largest absolute Gasteiger partial charge is 0.393 e.